The van der Waals surface area contributed by atoms with E-state index in [4.69, 9.17) is 33.2 Å². The van der Waals surface area contributed by atoms with Crippen molar-refractivity contribution >= 4 is 0 Å². The first-order valence-electron chi connectivity index (χ1n) is 17.3. The maximum absolute atomic E-state index is 6.94. The van der Waals surface area contributed by atoms with Crippen LogP contribution in [0, 0.1) is 0 Å². The molecular weight excluding hydrogens is 632 g/mol. The van der Waals surface area contributed by atoms with E-state index in [2.05, 4.69) is 54.7 Å². The Balaban J connectivity index is 1.62. The Labute approximate surface area is 296 Å². The van der Waals surface area contributed by atoms with E-state index in [0.29, 0.717) is 54.3 Å². The minimum Gasteiger partial charge on any atom is -0.493 e. The van der Waals surface area contributed by atoms with Gasteiger partial charge in [0.2, 0.25) is 5.75 Å². The predicted octanol–water partition coefficient (Wildman–Crippen LogP) is 7.42. The lowest BCUT2D eigenvalue weighted by atomic mass is 9.84. The number of hydrogen-bond acceptors (Lipinski definition) is 9. The number of ether oxygens (including phenoxy) is 7. The van der Waals surface area contributed by atoms with Gasteiger partial charge >= 0.3 is 0 Å². The van der Waals surface area contributed by atoms with Crippen molar-refractivity contribution in [2.45, 2.75) is 51.3 Å². The van der Waals surface area contributed by atoms with Crippen molar-refractivity contribution in [2.75, 3.05) is 62.2 Å². The van der Waals surface area contributed by atoms with Crippen LogP contribution in [0.2, 0.25) is 0 Å². The largest absolute Gasteiger partial charge is 0.493 e. The van der Waals surface area contributed by atoms with Crippen LogP contribution < -0.4 is 23.7 Å². The van der Waals surface area contributed by atoms with Gasteiger partial charge in [0.05, 0.1) is 35.0 Å². The molecule has 4 aliphatic heterocycles. The summed E-state index contributed by atoms with van der Waals surface area (Å²) < 4.78 is 43.5. The van der Waals surface area contributed by atoms with Crippen molar-refractivity contribution in [3.63, 3.8) is 0 Å². The van der Waals surface area contributed by atoms with E-state index >= 15 is 0 Å². The smallest absolute Gasteiger partial charge is 0.284 e. The molecule has 4 heterocycles. The summed E-state index contributed by atoms with van der Waals surface area (Å²) in [6, 6.07) is 14.4. The molecule has 4 aliphatic rings. The van der Waals surface area contributed by atoms with E-state index in [9.17, 15) is 0 Å². The van der Waals surface area contributed by atoms with Gasteiger partial charge < -0.3 is 33.2 Å². The maximum atomic E-state index is 6.94. The standard InChI is InChI=1S/C41H50N2O7/c1-9-28-17-19-42(3)33-21-26-11-14-29(15-12-26)49-36-23-27(13-16-35(36)44-5)22-34-38-30(18-20-43(34)4)32(25-48-10-2)39(46-7)41(47-8)40(38)50-37(45-6)24-31(28)33/h9,11-16,23-24,33-34H,1,10,17-22,25H2,2-8H3/b37-24+/t33-,34-/m0/s1. The first-order valence-corrected chi connectivity index (χ1v) is 17.3. The Bertz CT molecular complexity index is 1760. The van der Waals surface area contributed by atoms with Crippen molar-refractivity contribution in [1.82, 2.24) is 9.80 Å². The predicted molar refractivity (Wildman–Crippen MR) is 195 cm³/mol. The van der Waals surface area contributed by atoms with E-state index in [-0.39, 0.29) is 12.1 Å². The van der Waals surface area contributed by atoms with Crippen molar-refractivity contribution in [3.8, 4) is 34.5 Å². The van der Waals surface area contributed by atoms with Gasteiger partial charge in [-0.25, -0.2) is 0 Å². The lowest BCUT2D eigenvalue weighted by Gasteiger charge is -2.38. The van der Waals surface area contributed by atoms with Crippen LogP contribution >= 0.6 is 0 Å². The Hall–Kier alpha value is -4.44. The molecule has 50 heavy (non-hydrogen) atoms. The molecule has 3 aromatic rings. The molecule has 9 heteroatoms. The molecular formula is C41H50N2O7. The van der Waals surface area contributed by atoms with E-state index in [1.807, 2.05) is 37.3 Å². The van der Waals surface area contributed by atoms with Crippen LogP contribution in [-0.2, 0) is 35.3 Å². The molecule has 0 saturated carbocycles. The molecule has 7 rings (SSSR count). The number of fused-ring (bicyclic) bond motifs is 3. The maximum Gasteiger partial charge on any atom is 0.284 e. The summed E-state index contributed by atoms with van der Waals surface area (Å²) in [5.41, 5.74) is 7.69. The van der Waals surface area contributed by atoms with Crippen LogP contribution in [0.3, 0.4) is 0 Å². The minimum absolute atomic E-state index is 0.0609. The lowest BCUT2D eigenvalue weighted by Crippen LogP contribution is -2.39. The molecule has 0 saturated heterocycles. The van der Waals surface area contributed by atoms with E-state index in [1.165, 1.54) is 11.1 Å². The molecule has 9 nitrogen and oxygen atoms in total. The van der Waals surface area contributed by atoms with E-state index in [1.54, 1.807) is 28.4 Å². The molecule has 0 aliphatic carbocycles. The summed E-state index contributed by atoms with van der Waals surface area (Å²) in [6.07, 6.45) is 7.11. The Kier molecular flexibility index (Phi) is 11.1. The highest BCUT2D eigenvalue weighted by molar-refractivity contribution is 5.66. The first kappa shape index (κ1) is 35.4. The molecule has 4 bridgehead atoms. The third-order valence-electron chi connectivity index (χ3n) is 10.2. The number of likely N-dealkylation sites (N-methyl/N-ethyl adjacent to an activating group) is 2. The molecule has 0 radical (unpaired) electrons. The zero-order valence-corrected chi connectivity index (χ0v) is 30.5. The fraction of sp³-hybridized carbons (Fsp3) is 0.415. The summed E-state index contributed by atoms with van der Waals surface area (Å²) in [5.74, 6) is 4.14. The van der Waals surface area contributed by atoms with Gasteiger partial charge in [0.15, 0.2) is 23.0 Å². The summed E-state index contributed by atoms with van der Waals surface area (Å²) in [5, 5.41) is 0. The van der Waals surface area contributed by atoms with Gasteiger partial charge in [-0.1, -0.05) is 30.9 Å². The van der Waals surface area contributed by atoms with Crippen LogP contribution in [0.1, 0.15) is 47.2 Å². The van der Waals surface area contributed by atoms with Gasteiger partial charge in [-0.05, 0) is 98.8 Å². The van der Waals surface area contributed by atoms with Gasteiger partial charge in [0, 0.05) is 49.0 Å². The molecule has 0 unspecified atom stereocenters. The normalized spacial score (nSPS) is 20.6. The lowest BCUT2D eigenvalue weighted by molar-refractivity contribution is 0.126. The highest BCUT2D eigenvalue weighted by atomic mass is 16.7. The van der Waals surface area contributed by atoms with Crippen LogP contribution in [0.15, 0.2) is 78.3 Å². The van der Waals surface area contributed by atoms with E-state index in [0.717, 1.165) is 65.9 Å². The number of nitrogens with zero attached hydrogens (tertiary/aromatic N) is 2. The van der Waals surface area contributed by atoms with Gasteiger partial charge in [-0.2, -0.15) is 0 Å². The molecule has 266 valence electrons. The minimum atomic E-state index is -0.0806. The molecule has 0 amide bonds. The Morgan fingerprint density at radius 3 is 2.20 bits per heavy atom. The van der Waals surface area contributed by atoms with Crippen molar-refractivity contribution < 1.29 is 33.2 Å². The molecule has 0 N–H and O–H groups in total. The quantitative estimate of drug-likeness (QED) is 0.241. The highest BCUT2D eigenvalue weighted by Gasteiger charge is 2.37. The average molecular weight is 683 g/mol. The molecule has 2 atom stereocenters. The second-order valence-electron chi connectivity index (χ2n) is 13.0. The Morgan fingerprint density at radius 2 is 1.52 bits per heavy atom. The molecule has 0 fully saturated rings. The third-order valence-corrected chi connectivity index (χ3v) is 10.2. The van der Waals surface area contributed by atoms with Crippen LogP contribution in [0.4, 0.5) is 0 Å². The summed E-state index contributed by atoms with van der Waals surface area (Å²) in [6.45, 7) is 8.91. The summed E-state index contributed by atoms with van der Waals surface area (Å²) >= 11 is 0. The van der Waals surface area contributed by atoms with Crippen molar-refractivity contribution in [3.05, 3.63) is 106 Å². The van der Waals surface area contributed by atoms with Gasteiger partial charge in [-0.15, -0.1) is 0 Å². The zero-order chi connectivity index (χ0) is 35.4. The first-order chi connectivity index (χ1) is 24.3. The second kappa shape index (κ2) is 15.6. The van der Waals surface area contributed by atoms with Gasteiger partial charge in [-0.3, -0.25) is 9.80 Å². The Morgan fingerprint density at radius 1 is 0.820 bits per heavy atom. The monoisotopic (exact) mass is 682 g/mol. The second-order valence-corrected chi connectivity index (χ2v) is 13.0. The molecule has 3 aromatic carbocycles. The number of allylic oxidation sites excluding steroid dienone is 1. The van der Waals surface area contributed by atoms with E-state index < -0.39 is 0 Å². The zero-order valence-electron chi connectivity index (χ0n) is 30.5. The molecule has 0 spiro atoms. The van der Waals surface area contributed by atoms with Crippen LogP contribution in [0.5, 0.6) is 34.5 Å². The topological polar surface area (TPSA) is 71.1 Å². The number of rotatable bonds is 8. The fourth-order valence-corrected chi connectivity index (χ4v) is 7.49. The fourth-order valence-electron chi connectivity index (χ4n) is 7.49. The number of benzene rings is 3. The van der Waals surface area contributed by atoms with Crippen LogP contribution in [0.25, 0.3) is 0 Å². The highest BCUT2D eigenvalue weighted by Crippen LogP contribution is 2.52. The summed E-state index contributed by atoms with van der Waals surface area (Å²) in [7, 11) is 11.0. The third kappa shape index (κ3) is 6.95. The SMILES string of the molecule is C=CC1=C2/C=C(\OC)Oc3c(OC)c(OC)c(COCC)c4c3[C@H](Cc3ccc(OC)c(c3)Oc3ccc(cc3)C[C@@H]2N(C)CC1)N(C)CC4. The van der Waals surface area contributed by atoms with Gasteiger partial charge in [0.25, 0.3) is 5.95 Å². The summed E-state index contributed by atoms with van der Waals surface area (Å²) in [4.78, 5) is 4.75. The molecule has 0 aromatic heterocycles. The number of methoxy groups -OCH3 is 4. The van der Waals surface area contributed by atoms with Gasteiger partial charge in [0.1, 0.15) is 5.75 Å². The van der Waals surface area contributed by atoms with Crippen LogP contribution in [-0.4, -0.2) is 78.1 Å². The average Bonchev–Trinajstić information content (AvgIpc) is 3.13. The number of hydrogen-bond donors (Lipinski definition) is 0. The van der Waals surface area contributed by atoms with Crippen molar-refractivity contribution in [2.24, 2.45) is 0 Å². The van der Waals surface area contributed by atoms with Crippen molar-refractivity contribution in [1.29, 1.82) is 0 Å².